The van der Waals surface area contributed by atoms with Gasteiger partial charge in [0.2, 0.25) is 0 Å². The van der Waals surface area contributed by atoms with Crippen molar-refractivity contribution >= 4 is 11.4 Å². The highest BCUT2D eigenvalue weighted by atomic mass is 16.6. The Labute approximate surface area is 91.7 Å². The van der Waals surface area contributed by atoms with Crippen LogP contribution in [0.1, 0.15) is 0 Å². The molecule has 0 bridgehead atoms. The van der Waals surface area contributed by atoms with Crippen LogP contribution in [0.4, 0.5) is 11.4 Å². The smallest absolute Gasteiger partial charge is 0.269 e. The topological polar surface area (TPSA) is 122 Å². The minimum absolute atomic E-state index is 0.0357. The second-order valence-corrected chi connectivity index (χ2v) is 3.24. The van der Waals surface area contributed by atoms with Crippen molar-refractivity contribution in [2.75, 3.05) is 11.9 Å². The third-order valence-electron chi connectivity index (χ3n) is 2.01. The zero-order chi connectivity index (χ0) is 12.1. The number of non-ortho nitro benzene ring substituents is 1. The maximum Gasteiger partial charge on any atom is 0.269 e. The molecule has 0 amide bonds. The first-order valence-electron chi connectivity index (χ1n) is 4.60. The molecule has 1 aromatic carbocycles. The van der Waals surface area contributed by atoms with E-state index in [1.54, 1.807) is 0 Å². The van der Waals surface area contributed by atoms with E-state index in [-0.39, 0.29) is 12.3 Å². The maximum atomic E-state index is 10.4. The predicted molar refractivity (Wildman–Crippen MR) is 57.8 cm³/mol. The van der Waals surface area contributed by atoms with Crippen molar-refractivity contribution in [1.29, 1.82) is 0 Å². The first-order valence-corrected chi connectivity index (χ1v) is 4.60. The molecule has 0 aliphatic heterocycles. The van der Waals surface area contributed by atoms with Crippen LogP contribution in [0.5, 0.6) is 0 Å². The summed E-state index contributed by atoms with van der Waals surface area (Å²) in [6.07, 6.45) is -1.11. The molecule has 88 valence electrons. The third kappa shape index (κ3) is 3.16. The number of nitrogens with one attached hydrogen (secondary N) is 1. The van der Waals surface area contributed by atoms with Gasteiger partial charge in [-0.05, 0) is 12.1 Å². The van der Waals surface area contributed by atoms with Gasteiger partial charge in [-0.2, -0.15) is 0 Å². The van der Waals surface area contributed by atoms with Gasteiger partial charge in [0, 0.05) is 17.8 Å². The first-order chi connectivity index (χ1) is 7.54. The van der Waals surface area contributed by atoms with Crippen LogP contribution in [0.2, 0.25) is 0 Å². The summed E-state index contributed by atoms with van der Waals surface area (Å²) in [5, 5.41) is 31.1. The van der Waals surface area contributed by atoms with Crippen molar-refractivity contribution in [3.63, 3.8) is 0 Å². The number of aliphatic hydroxyl groups excluding tert-OH is 2. The molecule has 0 heterocycles. The summed E-state index contributed by atoms with van der Waals surface area (Å²) in [5.74, 6) is 0. The minimum atomic E-state index is -1.11. The second kappa shape index (κ2) is 5.40. The molecule has 0 fully saturated rings. The zero-order valence-corrected chi connectivity index (χ0v) is 8.41. The van der Waals surface area contributed by atoms with Crippen molar-refractivity contribution in [3.05, 3.63) is 34.4 Å². The van der Waals surface area contributed by atoms with Gasteiger partial charge < -0.3 is 21.3 Å². The van der Waals surface area contributed by atoms with Gasteiger partial charge in [-0.1, -0.05) is 0 Å². The number of anilines is 1. The van der Waals surface area contributed by atoms with Gasteiger partial charge in [-0.15, -0.1) is 0 Å². The van der Waals surface area contributed by atoms with Crippen LogP contribution < -0.4 is 11.1 Å². The number of hydrogen-bond acceptors (Lipinski definition) is 6. The molecule has 0 unspecified atom stereocenters. The van der Waals surface area contributed by atoms with Gasteiger partial charge in [0.05, 0.1) is 17.6 Å². The van der Waals surface area contributed by atoms with Crippen molar-refractivity contribution in [3.8, 4) is 0 Å². The first kappa shape index (κ1) is 12.4. The van der Waals surface area contributed by atoms with Crippen LogP contribution in [-0.4, -0.2) is 34.0 Å². The van der Waals surface area contributed by atoms with Gasteiger partial charge in [-0.3, -0.25) is 10.1 Å². The molecule has 0 aromatic heterocycles. The van der Waals surface area contributed by atoms with Crippen LogP contribution in [0.25, 0.3) is 0 Å². The summed E-state index contributed by atoms with van der Waals surface area (Å²) in [6.45, 7) is -0.360. The number of aliphatic hydroxyl groups is 2. The third-order valence-corrected chi connectivity index (χ3v) is 2.01. The van der Waals surface area contributed by atoms with E-state index >= 15 is 0 Å². The zero-order valence-electron chi connectivity index (χ0n) is 8.41. The highest BCUT2D eigenvalue weighted by Gasteiger charge is 2.13. The molecule has 0 aliphatic rings. The predicted octanol–water partition coefficient (Wildman–Crippen LogP) is -0.355. The normalized spacial score (nSPS) is 14.2. The molecule has 1 aromatic rings. The van der Waals surface area contributed by atoms with E-state index in [1.165, 1.54) is 24.3 Å². The monoisotopic (exact) mass is 227 g/mol. The van der Waals surface area contributed by atoms with E-state index < -0.39 is 17.2 Å². The standard InChI is InChI=1S/C9H13N3O4/c10-8(5-13)9(14)11-6-1-3-7(4-2-6)12(15)16/h1-4,8-9,11,13-14H,5,10H2/t8-,9-/m0/s1. The van der Waals surface area contributed by atoms with Crippen LogP contribution in [0.15, 0.2) is 24.3 Å². The number of nitro benzene ring substituents is 1. The fraction of sp³-hybridized carbons (Fsp3) is 0.333. The molecule has 7 nitrogen and oxygen atoms in total. The average molecular weight is 227 g/mol. The van der Waals surface area contributed by atoms with Crippen LogP contribution >= 0.6 is 0 Å². The molecular weight excluding hydrogens is 214 g/mol. The van der Waals surface area contributed by atoms with Crippen LogP contribution in [0, 0.1) is 10.1 Å². The molecule has 0 saturated heterocycles. The summed E-state index contributed by atoms with van der Waals surface area (Å²) >= 11 is 0. The molecule has 0 aliphatic carbocycles. The molecule has 0 spiro atoms. The highest BCUT2D eigenvalue weighted by molar-refractivity contribution is 5.48. The summed E-state index contributed by atoms with van der Waals surface area (Å²) in [4.78, 5) is 9.86. The van der Waals surface area contributed by atoms with E-state index in [4.69, 9.17) is 10.8 Å². The van der Waals surface area contributed by atoms with E-state index in [2.05, 4.69) is 5.32 Å². The molecule has 7 heteroatoms. The lowest BCUT2D eigenvalue weighted by molar-refractivity contribution is -0.384. The van der Waals surface area contributed by atoms with Gasteiger partial charge in [-0.25, -0.2) is 0 Å². The Hall–Kier alpha value is -1.70. The summed E-state index contributed by atoms with van der Waals surface area (Å²) in [5.41, 5.74) is 5.82. The van der Waals surface area contributed by atoms with Gasteiger partial charge in [0.15, 0.2) is 0 Å². The molecule has 0 radical (unpaired) electrons. The summed E-state index contributed by atoms with van der Waals surface area (Å²) in [6, 6.07) is 4.70. The Morgan fingerprint density at radius 3 is 2.44 bits per heavy atom. The van der Waals surface area contributed by atoms with Crippen molar-refractivity contribution in [2.45, 2.75) is 12.3 Å². The lowest BCUT2D eigenvalue weighted by atomic mass is 10.2. The maximum absolute atomic E-state index is 10.4. The Morgan fingerprint density at radius 1 is 1.44 bits per heavy atom. The Bertz CT molecular complexity index is 354. The van der Waals surface area contributed by atoms with E-state index in [1.807, 2.05) is 0 Å². The van der Waals surface area contributed by atoms with Gasteiger partial charge >= 0.3 is 0 Å². The number of benzene rings is 1. The number of nitrogens with zero attached hydrogens (tertiary/aromatic N) is 1. The molecule has 2 atom stereocenters. The largest absolute Gasteiger partial charge is 0.395 e. The molecule has 1 rings (SSSR count). The molecular formula is C9H13N3O4. The van der Waals surface area contributed by atoms with Crippen LogP contribution in [0.3, 0.4) is 0 Å². The minimum Gasteiger partial charge on any atom is -0.395 e. The van der Waals surface area contributed by atoms with Crippen molar-refractivity contribution in [2.24, 2.45) is 5.73 Å². The number of hydrogen-bond donors (Lipinski definition) is 4. The van der Waals surface area contributed by atoms with E-state index in [9.17, 15) is 15.2 Å². The van der Waals surface area contributed by atoms with Crippen molar-refractivity contribution in [1.82, 2.24) is 0 Å². The lowest BCUT2D eigenvalue weighted by Crippen LogP contribution is -2.42. The Kier molecular flexibility index (Phi) is 4.18. The number of nitro groups is 1. The number of nitrogens with two attached hydrogens (primary N) is 1. The molecule has 0 saturated carbocycles. The fourth-order valence-electron chi connectivity index (χ4n) is 1.06. The molecule has 5 N–H and O–H groups in total. The fourth-order valence-corrected chi connectivity index (χ4v) is 1.06. The highest BCUT2D eigenvalue weighted by Crippen LogP contribution is 2.15. The Balaban J connectivity index is 2.65. The Morgan fingerprint density at radius 2 is 2.00 bits per heavy atom. The lowest BCUT2D eigenvalue weighted by Gasteiger charge is -2.18. The summed E-state index contributed by atoms with van der Waals surface area (Å²) < 4.78 is 0. The number of rotatable bonds is 5. The quantitative estimate of drug-likeness (QED) is 0.310. The average Bonchev–Trinajstić information content (AvgIpc) is 2.28. The van der Waals surface area contributed by atoms with E-state index in [0.717, 1.165) is 0 Å². The summed E-state index contributed by atoms with van der Waals surface area (Å²) in [7, 11) is 0. The van der Waals surface area contributed by atoms with Crippen molar-refractivity contribution < 1.29 is 15.1 Å². The van der Waals surface area contributed by atoms with Gasteiger partial charge in [0.25, 0.3) is 5.69 Å². The SMILES string of the molecule is N[C@@H](CO)[C@H](O)Nc1ccc([N+](=O)[O-])cc1. The second-order valence-electron chi connectivity index (χ2n) is 3.24. The van der Waals surface area contributed by atoms with Crippen LogP contribution in [-0.2, 0) is 0 Å². The van der Waals surface area contributed by atoms with Gasteiger partial charge in [0.1, 0.15) is 6.23 Å². The molecule has 16 heavy (non-hydrogen) atoms. The van der Waals surface area contributed by atoms with E-state index in [0.29, 0.717) is 5.69 Å².